The minimum absolute atomic E-state index is 0.125. The van der Waals surface area contributed by atoms with Crippen molar-refractivity contribution in [3.05, 3.63) is 29.8 Å². The Morgan fingerprint density at radius 1 is 1.39 bits per heavy atom. The van der Waals surface area contributed by atoms with Gasteiger partial charge in [-0.15, -0.1) is 0 Å². The summed E-state index contributed by atoms with van der Waals surface area (Å²) in [5, 5.41) is 10.1. The fraction of sp³-hybridized carbons (Fsp3) is 0.500. The summed E-state index contributed by atoms with van der Waals surface area (Å²) in [5.74, 6) is 0.501. The summed E-state index contributed by atoms with van der Waals surface area (Å²) in [6, 6.07) is 6.47. The first kappa shape index (κ1) is 15.3. The van der Waals surface area contributed by atoms with Gasteiger partial charge < -0.3 is 9.84 Å². The molecule has 0 radical (unpaired) electrons. The molecular weight excluding hydrogens is 276 g/mol. The number of hydrogen-bond acceptors (Lipinski definition) is 4. The Labute approximate surface area is 112 Å². The zero-order valence-electron chi connectivity index (χ0n) is 10.6. The molecule has 4 nitrogen and oxygen atoms in total. The van der Waals surface area contributed by atoms with Crippen LogP contribution in [0.3, 0.4) is 0 Å². The van der Waals surface area contributed by atoms with Crippen LogP contribution in [0.15, 0.2) is 24.3 Å². The number of benzene rings is 1. The van der Waals surface area contributed by atoms with E-state index < -0.39 is 20.1 Å². The Kier molecular flexibility index (Phi) is 4.64. The van der Waals surface area contributed by atoms with E-state index in [1.807, 2.05) is 0 Å². The van der Waals surface area contributed by atoms with Crippen molar-refractivity contribution in [3.8, 4) is 5.75 Å². The van der Waals surface area contributed by atoms with E-state index in [4.69, 9.17) is 16.3 Å². The molecule has 0 aliphatic carbocycles. The van der Waals surface area contributed by atoms with Crippen LogP contribution in [-0.2, 0) is 9.84 Å². The molecule has 18 heavy (non-hydrogen) atoms. The highest BCUT2D eigenvalue weighted by atomic mass is 35.5. The van der Waals surface area contributed by atoms with Gasteiger partial charge in [-0.2, -0.15) is 0 Å². The molecule has 0 aliphatic rings. The van der Waals surface area contributed by atoms with Crippen molar-refractivity contribution in [3.63, 3.8) is 0 Å². The van der Waals surface area contributed by atoms with Crippen molar-refractivity contribution < 1.29 is 18.3 Å². The van der Waals surface area contributed by atoms with E-state index in [-0.39, 0.29) is 5.75 Å². The summed E-state index contributed by atoms with van der Waals surface area (Å²) in [7, 11) is -2.05. The SMILES string of the molecule is CCS(=O)(=O)[C@](C)(Cl)[C@H](O)c1ccc(OC)cc1. The number of halogens is 1. The summed E-state index contributed by atoms with van der Waals surface area (Å²) in [6.07, 6.45) is -1.30. The molecule has 0 bridgehead atoms. The number of hydrogen-bond donors (Lipinski definition) is 1. The predicted octanol–water partition coefficient (Wildman–Crippen LogP) is 2.12. The van der Waals surface area contributed by atoms with E-state index >= 15 is 0 Å². The zero-order chi connectivity index (χ0) is 14.0. The van der Waals surface area contributed by atoms with E-state index in [0.717, 1.165) is 0 Å². The normalized spacial score (nSPS) is 16.9. The summed E-state index contributed by atoms with van der Waals surface area (Å²) in [4.78, 5) is 0. The molecule has 0 spiro atoms. The molecule has 1 N–H and O–H groups in total. The minimum atomic E-state index is -3.58. The molecule has 0 fully saturated rings. The Hall–Kier alpha value is -0.780. The lowest BCUT2D eigenvalue weighted by Crippen LogP contribution is -2.37. The van der Waals surface area contributed by atoms with Crippen LogP contribution in [0.4, 0.5) is 0 Å². The van der Waals surface area contributed by atoms with Gasteiger partial charge in [-0.1, -0.05) is 30.7 Å². The van der Waals surface area contributed by atoms with E-state index in [0.29, 0.717) is 11.3 Å². The van der Waals surface area contributed by atoms with Crippen LogP contribution in [0.1, 0.15) is 25.5 Å². The van der Waals surface area contributed by atoms with Gasteiger partial charge in [0.05, 0.1) is 7.11 Å². The standard InChI is InChI=1S/C12H17ClO4S/c1-4-18(15,16)12(2,13)11(14)9-5-7-10(17-3)8-6-9/h5-8,11,14H,4H2,1-3H3/t11-,12+/m1/s1. The third-order valence-corrected chi connectivity index (χ3v) is 6.02. The van der Waals surface area contributed by atoms with Crippen LogP contribution >= 0.6 is 11.6 Å². The number of ether oxygens (including phenoxy) is 1. The Bertz CT molecular complexity index is 493. The van der Waals surface area contributed by atoms with Crippen molar-refractivity contribution in [1.29, 1.82) is 0 Å². The Morgan fingerprint density at radius 3 is 2.28 bits per heavy atom. The van der Waals surface area contributed by atoms with Crippen LogP contribution in [-0.4, -0.2) is 30.6 Å². The van der Waals surface area contributed by atoms with Crippen LogP contribution in [0, 0.1) is 0 Å². The molecule has 1 aromatic rings. The number of sulfone groups is 1. The lowest BCUT2D eigenvalue weighted by molar-refractivity contribution is 0.162. The summed E-state index contributed by atoms with van der Waals surface area (Å²) < 4.78 is 26.9. The van der Waals surface area contributed by atoms with Crippen molar-refractivity contribution in [2.75, 3.05) is 12.9 Å². The van der Waals surface area contributed by atoms with Crippen LogP contribution in [0.25, 0.3) is 0 Å². The first-order valence-corrected chi connectivity index (χ1v) is 7.52. The van der Waals surface area contributed by atoms with Crippen LogP contribution in [0.5, 0.6) is 5.75 Å². The Morgan fingerprint density at radius 2 is 1.89 bits per heavy atom. The van der Waals surface area contributed by atoms with Gasteiger partial charge in [0.2, 0.25) is 0 Å². The maximum atomic E-state index is 11.8. The molecule has 1 rings (SSSR count). The highest BCUT2D eigenvalue weighted by molar-refractivity contribution is 7.94. The Balaban J connectivity index is 3.09. The molecule has 0 saturated heterocycles. The third-order valence-electron chi connectivity index (χ3n) is 2.91. The topological polar surface area (TPSA) is 63.6 Å². The quantitative estimate of drug-likeness (QED) is 0.844. The van der Waals surface area contributed by atoms with Gasteiger partial charge in [0, 0.05) is 5.75 Å². The van der Waals surface area contributed by atoms with Gasteiger partial charge in [0.1, 0.15) is 11.9 Å². The molecule has 0 aliphatic heterocycles. The first-order chi connectivity index (χ1) is 8.26. The van der Waals surface area contributed by atoms with Crippen molar-refractivity contribution in [2.24, 2.45) is 0 Å². The average molecular weight is 293 g/mol. The minimum Gasteiger partial charge on any atom is -0.497 e. The van der Waals surface area contributed by atoms with Gasteiger partial charge in [-0.05, 0) is 24.6 Å². The smallest absolute Gasteiger partial charge is 0.172 e. The van der Waals surface area contributed by atoms with E-state index in [2.05, 4.69) is 0 Å². The second-order valence-electron chi connectivity index (χ2n) is 4.07. The van der Waals surface area contributed by atoms with E-state index in [1.54, 1.807) is 24.3 Å². The second-order valence-corrected chi connectivity index (χ2v) is 7.73. The molecule has 102 valence electrons. The van der Waals surface area contributed by atoms with Gasteiger partial charge in [-0.3, -0.25) is 0 Å². The number of methoxy groups -OCH3 is 1. The second kappa shape index (κ2) is 5.47. The zero-order valence-corrected chi connectivity index (χ0v) is 12.1. The fourth-order valence-electron chi connectivity index (χ4n) is 1.54. The largest absolute Gasteiger partial charge is 0.497 e. The number of rotatable bonds is 5. The van der Waals surface area contributed by atoms with Crippen molar-refractivity contribution >= 4 is 21.4 Å². The molecule has 0 aromatic heterocycles. The molecule has 0 amide bonds. The number of aliphatic hydroxyl groups excluding tert-OH is 1. The molecule has 6 heteroatoms. The molecule has 0 unspecified atom stereocenters. The van der Waals surface area contributed by atoms with Gasteiger partial charge in [-0.25, -0.2) is 8.42 Å². The van der Waals surface area contributed by atoms with Gasteiger partial charge in [0.15, 0.2) is 14.0 Å². The third kappa shape index (κ3) is 2.79. The molecule has 0 heterocycles. The molecule has 0 saturated carbocycles. The monoisotopic (exact) mass is 292 g/mol. The van der Waals surface area contributed by atoms with E-state index in [9.17, 15) is 13.5 Å². The summed E-state index contributed by atoms with van der Waals surface area (Å²) >= 11 is 6.02. The highest BCUT2D eigenvalue weighted by Gasteiger charge is 2.43. The van der Waals surface area contributed by atoms with Gasteiger partial charge >= 0.3 is 0 Å². The maximum Gasteiger partial charge on any atom is 0.172 e. The van der Waals surface area contributed by atoms with Crippen molar-refractivity contribution in [1.82, 2.24) is 0 Å². The maximum absolute atomic E-state index is 11.8. The number of aliphatic hydroxyl groups is 1. The van der Waals surface area contributed by atoms with Gasteiger partial charge in [0.25, 0.3) is 0 Å². The van der Waals surface area contributed by atoms with Crippen LogP contribution in [0.2, 0.25) is 0 Å². The lowest BCUT2D eigenvalue weighted by Gasteiger charge is -2.27. The average Bonchev–Trinajstić information content (AvgIpc) is 2.37. The fourth-order valence-corrected chi connectivity index (χ4v) is 3.03. The molecule has 1 aromatic carbocycles. The summed E-state index contributed by atoms with van der Waals surface area (Å²) in [5.41, 5.74) is 0.435. The van der Waals surface area contributed by atoms with E-state index in [1.165, 1.54) is 21.0 Å². The van der Waals surface area contributed by atoms with Crippen molar-refractivity contribution in [2.45, 2.75) is 24.2 Å². The first-order valence-electron chi connectivity index (χ1n) is 5.49. The molecular formula is C12H17ClO4S. The summed E-state index contributed by atoms with van der Waals surface area (Å²) in [6.45, 7) is 2.80. The highest BCUT2D eigenvalue weighted by Crippen LogP contribution is 2.37. The van der Waals surface area contributed by atoms with Crippen LogP contribution < -0.4 is 4.74 Å². The molecule has 2 atom stereocenters. The predicted molar refractivity (Wildman–Crippen MR) is 71.7 cm³/mol. The number of alkyl halides is 1. The lowest BCUT2D eigenvalue weighted by atomic mass is 10.1.